The average molecular weight is 339 g/mol. The summed E-state index contributed by atoms with van der Waals surface area (Å²) < 4.78 is 13.5. The first kappa shape index (κ1) is 17.2. The standard InChI is InChI=1S/C20H22FN3O/c21-18-7-3-1-5-15(18)10-12-23-20(25)14-22-11-9-16-13-24-19-8-4-2-6-17(16)19/h1-8,13,22,24H,9-12,14H2,(H,23,25). The zero-order valence-electron chi connectivity index (χ0n) is 14.0. The molecular formula is C20H22FN3O. The quantitative estimate of drug-likeness (QED) is 0.553. The first-order valence-corrected chi connectivity index (χ1v) is 8.50. The molecule has 130 valence electrons. The lowest BCUT2D eigenvalue weighted by atomic mass is 10.1. The van der Waals surface area contributed by atoms with E-state index in [0.29, 0.717) is 18.5 Å². The van der Waals surface area contributed by atoms with Gasteiger partial charge >= 0.3 is 0 Å². The van der Waals surface area contributed by atoms with E-state index >= 15 is 0 Å². The van der Waals surface area contributed by atoms with Crippen LogP contribution in [0.25, 0.3) is 10.9 Å². The molecule has 2 aromatic carbocycles. The predicted molar refractivity (Wildman–Crippen MR) is 98.0 cm³/mol. The Kier molecular flexibility index (Phi) is 5.80. The summed E-state index contributed by atoms with van der Waals surface area (Å²) in [4.78, 5) is 15.1. The molecule has 0 aliphatic rings. The highest BCUT2D eigenvalue weighted by atomic mass is 19.1. The van der Waals surface area contributed by atoms with Gasteiger partial charge in [0, 0.05) is 23.6 Å². The number of para-hydroxylation sites is 1. The number of carbonyl (C=O) groups excluding carboxylic acids is 1. The molecule has 4 nitrogen and oxygen atoms in total. The van der Waals surface area contributed by atoms with Crippen LogP contribution in [0, 0.1) is 5.82 Å². The molecule has 0 bridgehead atoms. The zero-order chi connectivity index (χ0) is 17.5. The van der Waals surface area contributed by atoms with Crippen LogP contribution in [0.2, 0.25) is 0 Å². The molecule has 25 heavy (non-hydrogen) atoms. The van der Waals surface area contributed by atoms with E-state index in [1.807, 2.05) is 18.3 Å². The van der Waals surface area contributed by atoms with Crippen molar-refractivity contribution < 1.29 is 9.18 Å². The molecule has 0 unspecified atom stereocenters. The lowest BCUT2D eigenvalue weighted by Gasteiger charge is -2.07. The third-order valence-corrected chi connectivity index (χ3v) is 4.21. The van der Waals surface area contributed by atoms with Crippen LogP contribution < -0.4 is 10.6 Å². The van der Waals surface area contributed by atoms with Crippen LogP contribution in [0.15, 0.2) is 54.7 Å². The normalized spacial score (nSPS) is 10.9. The largest absolute Gasteiger partial charge is 0.361 e. The first-order valence-electron chi connectivity index (χ1n) is 8.50. The number of halogens is 1. The van der Waals surface area contributed by atoms with E-state index in [1.54, 1.807) is 18.2 Å². The van der Waals surface area contributed by atoms with E-state index in [0.717, 1.165) is 18.5 Å². The van der Waals surface area contributed by atoms with Crippen molar-refractivity contribution in [2.45, 2.75) is 12.8 Å². The lowest BCUT2D eigenvalue weighted by Crippen LogP contribution is -2.35. The van der Waals surface area contributed by atoms with Gasteiger partial charge in [-0.1, -0.05) is 36.4 Å². The second kappa shape index (κ2) is 8.44. The fourth-order valence-corrected chi connectivity index (χ4v) is 2.86. The van der Waals surface area contributed by atoms with Gasteiger partial charge < -0.3 is 15.6 Å². The summed E-state index contributed by atoms with van der Waals surface area (Å²) in [5, 5.41) is 7.18. The van der Waals surface area contributed by atoms with Gasteiger partial charge in [-0.15, -0.1) is 0 Å². The van der Waals surface area contributed by atoms with E-state index in [-0.39, 0.29) is 18.3 Å². The van der Waals surface area contributed by atoms with Crippen molar-refractivity contribution in [3.05, 3.63) is 71.7 Å². The summed E-state index contributed by atoms with van der Waals surface area (Å²) in [6.45, 7) is 1.42. The maximum absolute atomic E-state index is 13.5. The average Bonchev–Trinajstić information content (AvgIpc) is 3.04. The molecule has 1 aromatic heterocycles. The highest BCUT2D eigenvalue weighted by Crippen LogP contribution is 2.17. The van der Waals surface area contributed by atoms with Gasteiger partial charge in [-0.3, -0.25) is 4.79 Å². The number of hydrogen-bond acceptors (Lipinski definition) is 2. The van der Waals surface area contributed by atoms with Crippen LogP contribution >= 0.6 is 0 Å². The summed E-state index contributed by atoms with van der Waals surface area (Å²) in [7, 11) is 0. The Bertz CT molecular complexity index is 844. The number of nitrogens with one attached hydrogen (secondary N) is 3. The molecule has 0 spiro atoms. The van der Waals surface area contributed by atoms with Crippen LogP contribution in [-0.4, -0.2) is 30.5 Å². The SMILES string of the molecule is O=C(CNCCc1c[nH]c2ccccc12)NCCc1ccccc1F. The first-order chi connectivity index (χ1) is 12.2. The van der Waals surface area contributed by atoms with Crippen LogP contribution in [0.5, 0.6) is 0 Å². The van der Waals surface area contributed by atoms with E-state index in [2.05, 4.69) is 27.8 Å². The number of carbonyl (C=O) groups is 1. The minimum absolute atomic E-state index is 0.0738. The molecule has 3 aromatic rings. The minimum Gasteiger partial charge on any atom is -0.361 e. The molecule has 0 aliphatic carbocycles. The number of hydrogen-bond donors (Lipinski definition) is 3. The van der Waals surface area contributed by atoms with Gasteiger partial charge in [0.15, 0.2) is 0 Å². The summed E-state index contributed by atoms with van der Waals surface area (Å²) in [6.07, 6.45) is 3.36. The maximum atomic E-state index is 13.5. The Morgan fingerprint density at radius 2 is 1.72 bits per heavy atom. The smallest absolute Gasteiger partial charge is 0.233 e. The van der Waals surface area contributed by atoms with Crippen LogP contribution in [0.4, 0.5) is 4.39 Å². The molecule has 1 heterocycles. The highest BCUT2D eigenvalue weighted by molar-refractivity contribution is 5.83. The highest BCUT2D eigenvalue weighted by Gasteiger charge is 2.05. The Hall–Kier alpha value is -2.66. The summed E-state index contributed by atoms with van der Waals surface area (Å²) in [5.74, 6) is -0.302. The Labute approximate surface area is 146 Å². The number of rotatable bonds is 8. The molecule has 0 saturated carbocycles. The van der Waals surface area contributed by atoms with Crippen molar-refractivity contribution >= 4 is 16.8 Å². The number of benzene rings is 2. The fraction of sp³-hybridized carbons (Fsp3) is 0.250. The fourth-order valence-electron chi connectivity index (χ4n) is 2.86. The molecular weight excluding hydrogens is 317 g/mol. The summed E-state index contributed by atoms with van der Waals surface area (Å²) in [5.41, 5.74) is 2.99. The van der Waals surface area contributed by atoms with Crippen LogP contribution in [0.1, 0.15) is 11.1 Å². The summed E-state index contributed by atoms with van der Waals surface area (Å²) in [6, 6.07) is 14.8. The van der Waals surface area contributed by atoms with Gasteiger partial charge in [0.05, 0.1) is 6.54 Å². The summed E-state index contributed by atoms with van der Waals surface area (Å²) >= 11 is 0. The lowest BCUT2D eigenvalue weighted by molar-refractivity contribution is -0.120. The van der Waals surface area contributed by atoms with Crippen molar-refractivity contribution in [1.29, 1.82) is 0 Å². The number of amides is 1. The van der Waals surface area contributed by atoms with E-state index in [1.165, 1.54) is 17.0 Å². The zero-order valence-corrected chi connectivity index (χ0v) is 14.0. The van der Waals surface area contributed by atoms with Gasteiger partial charge in [0.1, 0.15) is 5.82 Å². The molecule has 3 N–H and O–H groups in total. The van der Waals surface area contributed by atoms with Crippen molar-refractivity contribution in [2.75, 3.05) is 19.6 Å². The number of H-pyrrole nitrogens is 1. The molecule has 5 heteroatoms. The predicted octanol–water partition coefficient (Wildman–Crippen LogP) is 2.80. The van der Waals surface area contributed by atoms with Gasteiger partial charge in [-0.05, 0) is 42.6 Å². The van der Waals surface area contributed by atoms with E-state index in [4.69, 9.17) is 0 Å². The maximum Gasteiger partial charge on any atom is 0.233 e. The second-order valence-electron chi connectivity index (χ2n) is 5.98. The van der Waals surface area contributed by atoms with Crippen molar-refractivity contribution in [2.24, 2.45) is 0 Å². The Morgan fingerprint density at radius 1 is 0.960 bits per heavy atom. The number of aromatic nitrogens is 1. The molecule has 0 atom stereocenters. The third-order valence-electron chi connectivity index (χ3n) is 4.21. The third kappa shape index (κ3) is 4.67. The molecule has 0 fully saturated rings. The molecule has 3 rings (SSSR count). The van der Waals surface area contributed by atoms with Gasteiger partial charge in [-0.2, -0.15) is 0 Å². The molecule has 0 radical (unpaired) electrons. The Morgan fingerprint density at radius 3 is 2.60 bits per heavy atom. The minimum atomic E-state index is -0.228. The van der Waals surface area contributed by atoms with E-state index in [9.17, 15) is 9.18 Å². The van der Waals surface area contributed by atoms with Crippen molar-refractivity contribution in [3.63, 3.8) is 0 Å². The molecule has 1 amide bonds. The van der Waals surface area contributed by atoms with Gasteiger partial charge in [-0.25, -0.2) is 4.39 Å². The van der Waals surface area contributed by atoms with Gasteiger partial charge in [0.25, 0.3) is 0 Å². The number of aromatic amines is 1. The monoisotopic (exact) mass is 339 g/mol. The van der Waals surface area contributed by atoms with Crippen molar-refractivity contribution in [1.82, 2.24) is 15.6 Å². The Balaban J connectivity index is 1.35. The van der Waals surface area contributed by atoms with Crippen LogP contribution in [-0.2, 0) is 17.6 Å². The van der Waals surface area contributed by atoms with E-state index < -0.39 is 0 Å². The van der Waals surface area contributed by atoms with Crippen molar-refractivity contribution in [3.8, 4) is 0 Å². The van der Waals surface area contributed by atoms with Crippen LogP contribution in [0.3, 0.4) is 0 Å². The number of fused-ring (bicyclic) bond motifs is 1. The molecule has 0 saturated heterocycles. The molecule has 0 aliphatic heterocycles. The second-order valence-corrected chi connectivity index (χ2v) is 5.98. The topological polar surface area (TPSA) is 56.9 Å². The van der Waals surface area contributed by atoms with Gasteiger partial charge in [0.2, 0.25) is 5.91 Å².